The molecule has 0 radical (unpaired) electrons. The summed E-state index contributed by atoms with van der Waals surface area (Å²) < 4.78 is 14.5. The van der Waals surface area contributed by atoms with Crippen LogP contribution in [0.15, 0.2) is 82.1 Å². The lowest BCUT2D eigenvalue weighted by molar-refractivity contribution is 0.0347. The monoisotopic (exact) mass is 561 g/mol. The summed E-state index contributed by atoms with van der Waals surface area (Å²) in [6, 6.07) is 22.5. The quantitative estimate of drug-likeness (QED) is 0.280. The zero-order valence-electron chi connectivity index (χ0n) is 20.5. The predicted molar refractivity (Wildman–Crippen MR) is 147 cm³/mol. The molecule has 1 aliphatic heterocycles. The van der Waals surface area contributed by atoms with Gasteiger partial charge >= 0.3 is 0 Å². The van der Waals surface area contributed by atoms with Gasteiger partial charge in [-0.1, -0.05) is 71.4 Å². The van der Waals surface area contributed by atoms with Crippen molar-refractivity contribution in [3.05, 3.63) is 98.7 Å². The molecule has 2 heterocycles. The molecule has 0 bridgehead atoms. The van der Waals surface area contributed by atoms with Crippen molar-refractivity contribution in [1.82, 2.24) is 9.55 Å². The molecule has 37 heavy (non-hydrogen) atoms. The standard InChI is InChI=1S/C29H28BrN3O4/c1-2-15-36-25-17-21(30)16-23-26(25)28(35)33(29(31-23)32-27(34)20-11-7-4-8-12-20)18-22-13-14-24(37-22)19-9-5-3-6-10-19/h3-12,16-17,22,24H,2,13-15,18H2,1H3,(H,31,32,34). The number of anilines is 1. The Hall–Kier alpha value is -3.49. The molecule has 4 aromatic rings. The van der Waals surface area contributed by atoms with Crippen LogP contribution in [0.4, 0.5) is 5.95 Å². The summed E-state index contributed by atoms with van der Waals surface area (Å²) in [7, 11) is 0. The van der Waals surface area contributed by atoms with Crippen LogP contribution in [0.1, 0.15) is 48.2 Å². The topological polar surface area (TPSA) is 82.4 Å². The number of ether oxygens (including phenoxy) is 2. The molecule has 1 aromatic heterocycles. The van der Waals surface area contributed by atoms with Crippen LogP contribution < -0.4 is 15.6 Å². The Balaban J connectivity index is 1.54. The number of benzene rings is 3. The highest BCUT2D eigenvalue weighted by molar-refractivity contribution is 9.10. The van der Waals surface area contributed by atoms with E-state index in [0.717, 1.165) is 29.3 Å². The lowest BCUT2D eigenvalue weighted by Crippen LogP contribution is -2.31. The molecule has 7 nitrogen and oxygen atoms in total. The van der Waals surface area contributed by atoms with Crippen molar-refractivity contribution in [2.75, 3.05) is 11.9 Å². The molecule has 190 valence electrons. The number of hydrogen-bond donors (Lipinski definition) is 1. The summed E-state index contributed by atoms with van der Waals surface area (Å²) >= 11 is 3.49. The number of amides is 1. The summed E-state index contributed by atoms with van der Waals surface area (Å²) in [4.78, 5) is 31.7. The van der Waals surface area contributed by atoms with Gasteiger partial charge in [0.2, 0.25) is 5.95 Å². The van der Waals surface area contributed by atoms with Crippen LogP contribution in [0.3, 0.4) is 0 Å². The minimum Gasteiger partial charge on any atom is -0.493 e. The van der Waals surface area contributed by atoms with Gasteiger partial charge in [-0.05, 0) is 49.1 Å². The maximum absolute atomic E-state index is 13.9. The van der Waals surface area contributed by atoms with E-state index in [1.807, 2.05) is 31.2 Å². The summed E-state index contributed by atoms with van der Waals surface area (Å²) in [5, 5.41) is 3.24. The Morgan fingerprint density at radius 1 is 1.11 bits per heavy atom. The molecule has 0 saturated carbocycles. The van der Waals surface area contributed by atoms with Crippen LogP contribution in [0.25, 0.3) is 10.9 Å². The average molecular weight is 562 g/mol. The number of rotatable bonds is 8. The molecule has 1 N–H and O–H groups in total. The zero-order chi connectivity index (χ0) is 25.8. The number of nitrogens with one attached hydrogen (secondary N) is 1. The normalized spacial score (nSPS) is 17.1. The van der Waals surface area contributed by atoms with Crippen molar-refractivity contribution in [2.24, 2.45) is 0 Å². The first kappa shape index (κ1) is 25.2. The third kappa shape index (κ3) is 5.60. The highest BCUT2D eigenvalue weighted by Crippen LogP contribution is 2.34. The van der Waals surface area contributed by atoms with E-state index in [1.54, 1.807) is 36.4 Å². The summed E-state index contributed by atoms with van der Waals surface area (Å²) in [5.41, 5.74) is 1.76. The molecule has 1 aliphatic rings. The number of fused-ring (bicyclic) bond motifs is 1. The Labute approximate surface area is 223 Å². The van der Waals surface area contributed by atoms with Gasteiger partial charge in [0.1, 0.15) is 11.1 Å². The fraction of sp³-hybridized carbons (Fsp3) is 0.276. The van der Waals surface area contributed by atoms with E-state index in [2.05, 4.69) is 33.4 Å². The van der Waals surface area contributed by atoms with E-state index >= 15 is 0 Å². The predicted octanol–water partition coefficient (Wildman–Crippen LogP) is 6.12. The number of aromatic nitrogens is 2. The van der Waals surface area contributed by atoms with Crippen molar-refractivity contribution in [2.45, 2.75) is 44.9 Å². The van der Waals surface area contributed by atoms with E-state index in [0.29, 0.717) is 28.8 Å². The maximum atomic E-state index is 13.9. The Morgan fingerprint density at radius 2 is 1.84 bits per heavy atom. The van der Waals surface area contributed by atoms with Gasteiger partial charge in [-0.2, -0.15) is 0 Å². The summed E-state index contributed by atoms with van der Waals surface area (Å²) in [6.07, 6.45) is 2.21. The van der Waals surface area contributed by atoms with Crippen LogP contribution in [-0.4, -0.2) is 28.2 Å². The smallest absolute Gasteiger partial charge is 0.266 e. The third-order valence-electron chi connectivity index (χ3n) is 6.38. The fourth-order valence-electron chi connectivity index (χ4n) is 4.59. The van der Waals surface area contributed by atoms with Gasteiger partial charge in [-0.3, -0.25) is 19.5 Å². The van der Waals surface area contributed by atoms with Crippen molar-refractivity contribution in [3.63, 3.8) is 0 Å². The molecule has 1 saturated heterocycles. The molecule has 8 heteroatoms. The summed E-state index contributed by atoms with van der Waals surface area (Å²) in [6.45, 7) is 2.75. The van der Waals surface area contributed by atoms with E-state index in [1.165, 1.54) is 4.57 Å². The van der Waals surface area contributed by atoms with Gasteiger partial charge in [-0.25, -0.2) is 4.98 Å². The maximum Gasteiger partial charge on any atom is 0.266 e. The molecule has 5 rings (SSSR count). The Kier molecular flexibility index (Phi) is 7.67. The Morgan fingerprint density at radius 3 is 2.57 bits per heavy atom. The lowest BCUT2D eigenvalue weighted by Gasteiger charge is -2.19. The van der Waals surface area contributed by atoms with Gasteiger partial charge in [0.25, 0.3) is 11.5 Å². The fourth-order valence-corrected chi connectivity index (χ4v) is 5.01. The highest BCUT2D eigenvalue weighted by atomic mass is 79.9. The number of hydrogen-bond acceptors (Lipinski definition) is 5. The molecular weight excluding hydrogens is 534 g/mol. The van der Waals surface area contributed by atoms with Crippen LogP contribution in [0, 0.1) is 0 Å². The van der Waals surface area contributed by atoms with Crippen molar-refractivity contribution >= 4 is 38.7 Å². The number of nitrogens with zero attached hydrogens (tertiary/aromatic N) is 2. The summed E-state index contributed by atoms with van der Waals surface area (Å²) in [5.74, 6) is 0.304. The third-order valence-corrected chi connectivity index (χ3v) is 6.83. The SMILES string of the molecule is CCCOc1cc(Br)cc2nc(NC(=O)c3ccccc3)n(CC3CCC(c4ccccc4)O3)c(=O)c12. The number of carbonyl (C=O) groups excluding carboxylic acids is 1. The number of halogens is 1. The second-order valence-electron chi connectivity index (χ2n) is 9.05. The Bertz CT molecular complexity index is 1460. The second-order valence-corrected chi connectivity index (χ2v) is 9.97. The van der Waals surface area contributed by atoms with Crippen molar-refractivity contribution < 1.29 is 14.3 Å². The molecular formula is C29H28BrN3O4. The molecule has 0 aliphatic carbocycles. The van der Waals surface area contributed by atoms with Crippen LogP contribution in [-0.2, 0) is 11.3 Å². The van der Waals surface area contributed by atoms with Crippen molar-refractivity contribution in [3.8, 4) is 5.75 Å². The first-order chi connectivity index (χ1) is 18.0. The molecule has 2 unspecified atom stereocenters. The van der Waals surface area contributed by atoms with Gasteiger partial charge in [0.05, 0.1) is 30.9 Å². The minimum absolute atomic E-state index is 0.0305. The first-order valence-corrected chi connectivity index (χ1v) is 13.3. The highest BCUT2D eigenvalue weighted by Gasteiger charge is 2.29. The molecule has 1 amide bonds. The first-order valence-electron chi connectivity index (χ1n) is 12.5. The van der Waals surface area contributed by atoms with E-state index in [-0.39, 0.29) is 36.2 Å². The van der Waals surface area contributed by atoms with Gasteiger partial charge in [-0.15, -0.1) is 0 Å². The van der Waals surface area contributed by atoms with Gasteiger partial charge in [0, 0.05) is 10.0 Å². The van der Waals surface area contributed by atoms with Crippen molar-refractivity contribution in [1.29, 1.82) is 0 Å². The molecule has 3 aromatic carbocycles. The molecule has 2 atom stereocenters. The van der Waals surface area contributed by atoms with Gasteiger partial charge < -0.3 is 9.47 Å². The van der Waals surface area contributed by atoms with Crippen LogP contribution >= 0.6 is 15.9 Å². The lowest BCUT2D eigenvalue weighted by atomic mass is 10.1. The minimum atomic E-state index is -0.340. The van der Waals surface area contributed by atoms with Crippen LogP contribution in [0.5, 0.6) is 5.75 Å². The van der Waals surface area contributed by atoms with Gasteiger partial charge in [0.15, 0.2) is 0 Å². The second kappa shape index (κ2) is 11.3. The average Bonchev–Trinajstić information content (AvgIpc) is 3.39. The largest absolute Gasteiger partial charge is 0.493 e. The number of carbonyl (C=O) groups is 1. The zero-order valence-corrected chi connectivity index (χ0v) is 22.1. The molecule has 1 fully saturated rings. The molecule has 0 spiro atoms. The van der Waals surface area contributed by atoms with E-state index < -0.39 is 0 Å². The van der Waals surface area contributed by atoms with E-state index in [9.17, 15) is 9.59 Å². The van der Waals surface area contributed by atoms with Crippen LogP contribution in [0.2, 0.25) is 0 Å². The van der Waals surface area contributed by atoms with E-state index in [4.69, 9.17) is 14.5 Å².